The highest BCUT2D eigenvalue weighted by molar-refractivity contribution is 6.38. The van der Waals surface area contributed by atoms with Crippen LogP contribution >= 0.6 is 23.2 Å². The van der Waals surface area contributed by atoms with E-state index >= 15 is 0 Å². The summed E-state index contributed by atoms with van der Waals surface area (Å²) in [5, 5.41) is 3.19. The van der Waals surface area contributed by atoms with E-state index < -0.39 is 11.9 Å². The van der Waals surface area contributed by atoms with E-state index in [0.29, 0.717) is 21.8 Å². The van der Waals surface area contributed by atoms with E-state index in [1.807, 2.05) is 0 Å². The molecule has 7 heteroatoms. The molecule has 0 saturated carbocycles. The van der Waals surface area contributed by atoms with E-state index in [2.05, 4.69) is 10.1 Å². The van der Waals surface area contributed by atoms with Crippen molar-refractivity contribution in [2.45, 2.75) is 0 Å². The van der Waals surface area contributed by atoms with Gasteiger partial charge in [-0.25, -0.2) is 4.79 Å². The van der Waals surface area contributed by atoms with Crippen molar-refractivity contribution in [3.8, 4) is 0 Å². The summed E-state index contributed by atoms with van der Waals surface area (Å²) < 4.78 is 4.59. The summed E-state index contributed by atoms with van der Waals surface area (Å²) >= 11 is 11.9. The zero-order valence-corrected chi connectivity index (χ0v) is 13.0. The summed E-state index contributed by atoms with van der Waals surface area (Å²) in [7, 11) is 1.29. The number of methoxy groups -OCH3 is 1. The Morgan fingerprint density at radius 2 is 1.68 bits per heavy atom. The zero-order chi connectivity index (χ0) is 16.3. The molecule has 2 aromatic rings. The number of benzene rings is 2. The van der Waals surface area contributed by atoms with Gasteiger partial charge in [0.2, 0.25) is 0 Å². The lowest BCUT2D eigenvalue weighted by atomic mass is 10.1. The van der Waals surface area contributed by atoms with Crippen LogP contribution in [0.3, 0.4) is 0 Å². The van der Waals surface area contributed by atoms with E-state index in [-0.39, 0.29) is 10.7 Å². The number of nitrogens with two attached hydrogens (primary N) is 1. The summed E-state index contributed by atoms with van der Waals surface area (Å²) in [5.74, 6) is -0.877. The molecule has 0 aliphatic carbocycles. The maximum Gasteiger partial charge on any atom is 0.337 e. The summed E-state index contributed by atoms with van der Waals surface area (Å²) in [4.78, 5) is 23.5. The van der Waals surface area contributed by atoms with Gasteiger partial charge in [0.1, 0.15) is 0 Å². The molecule has 5 nitrogen and oxygen atoms in total. The van der Waals surface area contributed by atoms with Crippen molar-refractivity contribution in [1.29, 1.82) is 0 Å². The minimum absolute atomic E-state index is 0.212. The van der Waals surface area contributed by atoms with Gasteiger partial charge in [-0.2, -0.15) is 0 Å². The van der Waals surface area contributed by atoms with Crippen LogP contribution in [0.4, 0.5) is 11.4 Å². The molecule has 22 heavy (non-hydrogen) atoms. The number of carbonyl (C=O) groups excluding carboxylic acids is 2. The maximum atomic E-state index is 12.2. The number of rotatable bonds is 3. The molecular weight excluding hydrogens is 327 g/mol. The maximum absolute atomic E-state index is 12.2. The number of halogens is 2. The van der Waals surface area contributed by atoms with Gasteiger partial charge in [0, 0.05) is 10.6 Å². The van der Waals surface area contributed by atoms with Gasteiger partial charge in [0.05, 0.1) is 29.1 Å². The van der Waals surface area contributed by atoms with Crippen LogP contribution in [0, 0.1) is 0 Å². The van der Waals surface area contributed by atoms with Crippen molar-refractivity contribution in [3.63, 3.8) is 0 Å². The number of nitrogen functional groups attached to an aromatic ring is 1. The molecular formula is C15H12Cl2N2O3. The first-order valence-electron chi connectivity index (χ1n) is 6.16. The van der Waals surface area contributed by atoms with Crippen LogP contribution in [0.15, 0.2) is 36.4 Å². The highest BCUT2D eigenvalue weighted by Gasteiger charge is 2.12. The Morgan fingerprint density at radius 1 is 1.09 bits per heavy atom. The van der Waals surface area contributed by atoms with Gasteiger partial charge < -0.3 is 15.8 Å². The molecule has 0 radical (unpaired) electrons. The summed E-state index contributed by atoms with van der Waals surface area (Å²) in [6, 6.07) is 8.99. The van der Waals surface area contributed by atoms with Gasteiger partial charge in [0.15, 0.2) is 0 Å². The van der Waals surface area contributed by atoms with Crippen LogP contribution in [0.2, 0.25) is 10.0 Å². The summed E-state index contributed by atoms with van der Waals surface area (Å²) in [6.07, 6.45) is 0. The highest BCUT2D eigenvalue weighted by Crippen LogP contribution is 2.32. The van der Waals surface area contributed by atoms with Gasteiger partial charge >= 0.3 is 5.97 Å². The molecule has 0 unspecified atom stereocenters. The monoisotopic (exact) mass is 338 g/mol. The lowest BCUT2D eigenvalue weighted by molar-refractivity contribution is 0.0600. The Kier molecular flexibility index (Phi) is 4.90. The van der Waals surface area contributed by atoms with E-state index in [4.69, 9.17) is 28.9 Å². The van der Waals surface area contributed by atoms with Gasteiger partial charge in [-0.15, -0.1) is 0 Å². The minimum Gasteiger partial charge on any atom is -0.465 e. The lowest BCUT2D eigenvalue weighted by Gasteiger charge is -2.10. The fourth-order valence-electron chi connectivity index (χ4n) is 1.77. The van der Waals surface area contributed by atoms with Gasteiger partial charge in [0.25, 0.3) is 5.91 Å². The molecule has 0 aliphatic heterocycles. The molecule has 2 aromatic carbocycles. The van der Waals surface area contributed by atoms with Crippen LogP contribution in [-0.4, -0.2) is 19.0 Å². The van der Waals surface area contributed by atoms with Gasteiger partial charge in [-0.3, -0.25) is 4.79 Å². The third-order valence-corrected chi connectivity index (χ3v) is 3.52. The first kappa shape index (κ1) is 16.1. The third kappa shape index (κ3) is 3.50. The fourth-order valence-corrected chi connectivity index (χ4v) is 2.15. The number of esters is 1. The predicted molar refractivity (Wildman–Crippen MR) is 86.6 cm³/mol. The number of nitrogens with one attached hydrogen (secondary N) is 1. The average Bonchev–Trinajstić information content (AvgIpc) is 2.51. The summed E-state index contributed by atoms with van der Waals surface area (Å²) in [5.41, 5.74) is 6.97. The Labute approximate surface area is 137 Å². The molecule has 114 valence electrons. The first-order valence-corrected chi connectivity index (χ1v) is 6.92. The number of anilines is 2. The molecule has 0 heterocycles. The Bertz CT molecular complexity index is 730. The topological polar surface area (TPSA) is 81.4 Å². The smallest absolute Gasteiger partial charge is 0.337 e. The molecule has 3 N–H and O–H groups in total. The highest BCUT2D eigenvalue weighted by atomic mass is 35.5. The minimum atomic E-state index is -0.474. The quantitative estimate of drug-likeness (QED) is 0.661. The van der Waals surface area contributed by atoms with Crippen LogP contribution < -0.4 is 11.1 Å². The van der Waals surface area contributed by atoms with E-state index in [9.17, 15) is 9.59 Å². The average molecular weight is 339 g/mol. The predicted octanol–water partition coefficient (Wildman–Crippen LogP) is 3.61. The molecule has 1 amide bonds. The van der Waals surface area contributed by atoms with Crippen LogP contribution in [0.25, 0.3) is 0 Å². The number of hydrogen-bond acceptors (Lipinski definition) is 4. The van der Waals surface area contributed by atoms with Crippen molar-refractivity contribution in [2.24, 2.45) is 0 Å². The Morgan fingerprint density at radius 3 is 2.27 bits per heavy atom. The molecule has 0 aliphatic rings. The number of amides is 1. The molecule has 0 bridgehead atoms. The molecule has 0 atom stereocenters. The summed E-state index contributed by atoms with van der Waals surface area (Å²) in [6.45, 7) is 0. The molecule has 0 fully saturated rings. The van der Waals surface area contributed by atoms with E-state index in [0.717, 1.165) is 0 Å². The van der Waals surface area contributed by atoms with Gasteiger partial charge in [-0.05, 0) is 36.4 Å². The van der Waals surface area contributed by atoms with Crippen molar-refractivity contribution in [3.05, 3.63) is 57.6 Å². The first-order chi connectivity index (χ1) is 10.4. The third-order valence-electron chi connectivity index (χ3n) is 2.88. The molecule has 0 spiro atoms. The second-order valence-electron chi connectivity index (χ2n) is 4.38. The van der Waals surface area contributed by atoms with Crippen molar-refractivity contribution in [1.82, 2.24) is 0 Å². The van der Waals surface area contributed by atoms with Crippen molar-refractivity contribution in [2.75, 3.05) is 18.2 Å². The van der Waals surface area contributed by atoms with Crippen LogP contribution in [0.5, 0.6) is 0 Å². The molecule has 2 rings (SSSR count). The van der Waals surface area contributed by atoms with Crippen molar-refractivity contribution >= 4 is 46.5 Å². The zero-order valence-electron chi connectivity index (χ0n) is 11.5. The largest absolute Gasteiger partial charge is 0.465 e. The molecule has 0 aromatic heterocycles. The Hall–Kier alpha value is -2.24. The second-order valence-corrected chi connectivity index (χ2v) is 5.19. The number of ether oxygens (including phenoxy) is 1. The van der Waals surface area contributed by atoms with Gasteiger partial charge in [-0.1, -0.05) is 23.2 Å². The van der Waals surface area contributed by atoms with Crippen molar-refractivity contribution < 1.29 is 14.3 Å². The Balaban J connectivity index is 2.21. The van der Waals surface area contributed by atoms with E-state index in [1.54, 1.807) is 0 Å². The van der Waals surface area contributed by atoms with Crippen LogP contribution in [0.1, 0.15) is 20.7 Å². The number of hydrogen-bond donors (Lipinski definition) is 2. The standard InChI is InChI=1S/C15H12Cl2N2O3/c1-22-15(21)9-4-2-8(3-5-9)14(20)19-12-7-10(16)6-11(18)13(12)17/h2-7H,18H2,1H3,(H,19,20). The van der Waals surface area contributed by atoms with E-state index in [1.165, 1.54) is 43.5 Å². The second kappa shape index (κ2) is 6.68. The SMILES string of the molecule is COC(=O)c1ccc(C(=O)Nc2cc(Cl)cc(N)c2Cl)cc1. The lowest BCUT2D eigenvalue weighted by Crippen LogP contribution is -2.13. The normalized spacial score (nSPS) is 10.1. The van der Waals surface area contributed by atoms with Crippen LogP contribution in [-0.2, 0) is 4.74 Å². The number of carbonyl (C=O) groups is 2. The molecule has 0 saturated heterocycles. The fraction of sp³-hybridized carbons (Fsp3) is 0.0667.